The van der Waals surface area contributed by atoms with Crippen LogP contribution in [0.3, 0.4) is 0 Å². The number of hydrogen-bond donors (Lipinski definition) is 2. The number of aryl methyl sites for hydroxylation is 1. The molecule has 2 heterocycles. The predicted molar refractivity (Wildman–Crippen MR) is 150 cm³/mol. The fourth-order valence-corrected chi connectivity index (χ4v) is 4.84. The fraction of sp³-hybridized carbons (Fsp3) is 0.345. The van der Waals surface area contributed by atoms with Gasteiger partial charge in [-0.1, -0.05) is 41.8 Å². The molecule has 1 atom stereocenters. The number of carboxylic acid groups (broad SMARTS) is 1. The van der Waals surface area contributed by atoms with Crippen molar-refractivity contribution in [3.05, 3.63) is 76.5 Å². The molecule has 0 bridgehead atoms. The van der Waals surface area contributed by atoms with Gasteiger partial charge in [-0.3, -0.25) is 8.78 Å². The molecule has 1 fully saturated rings. The van der Waals surface area contributed by atoms with E-state index < -0.39 is 5.97 Å². The third-order valence-corrected chi connectivity index (χ3v) is 7.13. The first-order valence-corrected chi connectivity index (χ1v) is 12.8. The first-order chi connectivity index (χ1) is 18.8. The van der Waals surface area contributed by atoms with Gasteiger partial charge in [-0.2, -0.15) is 0 Å². The van der Waals surface area contributed by atoms with Gasteiger partial charge in [0.05, 0.1) is 14.4 Å². The highest BCUT2D eigenvalue weighted by Gasteiger charge is 2.27. The molecule has 1 saturated carbocycles. The lowest BCUT2D eigenvalue weighted by atomic mass is 9.80. The number of aromatic carboxylic acids is 1. The lowest BCUT2D eigenvalue weighted by molar-refractivity contribution is 0.0684. The maximum Gasteiger partial charge on any atom is 0.374 e. The summed E-state index contributed by atoms with van der Waals surface area (Å²) in [4.78, 5) is 20.8. The first kappa shape index (κ1) is 30.0. The van der Waals surface area contributed by atoms with Crippen LogP contribution in [0.2, 0.25) is 5.02 Å². The number of alkyl halides is 2. The molecule has 2 aromatic carbocycles. The number of fused-ring (bicyclic) bond motifs is 1. The van der Waals surface area contributed by atoms with E-state index in [-0.39, 0.29) is 17.7 Å². The van der Waals surface area contributed by atoms with Crippen LogP contribution in [0.5, 0.6) is 0 Å². The highest BCUT2D eigenvalue weighted by Crippen LogP contribution is 2.38. The number of carbonyl (C=O) groups is 1. The minimum atomic E-state index is -1.20. The number of rotatable bonds is 7. The van der Waals surface area contributed by atoms with E-state index in [4.69, 9.17) is 11.6 Å². The molecule has 4 aromatic rings. The summed E-state index contributed by atoms with van der Waals surface area (Å²) in [6.07, 6.45) is 5.39. The fourth-order valence-electron chi connectivity index (χ4n) is 4.62. The number of benzene rings is 2. The van der Waals surface area contributed by atoms with E-state index in [1.165, 1.54) is 18.6 Å². The van der Waals surface area contributed by atoms with Crippen molar-refractivity contribution in [2.75, 3.05) is 19.7 Å². The number of hydrogen-bond acceptors (Lipinski definition) is 4. The van der Waals surface area contributed by atoms with Gasteiger partial charge in [0, 0.05) is 34.9 Å². The Hall–Kier alpha value is -3.59. The van der Waals surface area contributed by atoms with Gasteiger partial charge in [0.15, 0.2) is 5.82 Å². The van der Waals surface area contributed by atoms with Gasteiger partial charge in [0.25, 0.3) is 0 Å². The Morgan fingerprint density at radius 2 is 1.77 bits per heavy atom. The second-order valence-electron chi connectivity index (χ2n) is 9.30. The van der Waals surface area contributed by atoms with Crippen LogP contribution < -0.4 is 5.32 Å². The van der Waals surface area contributed by atoms with E-state index in [1.54, 1.807) is 12.1 Å². The molecule has 208 valence electrons. The minimum Gasteiger partial charge on any atom is -0.475 e. The van der Waals surface area contributed by atoms with Crippen molar-refractivity contribution in [3.8, 4) is 11.1 Å². The van der Waals surface area contributed by atoms with Gasteiger partial charge in [0.1, 0.15) is 16.9 Å². The molecule has 0 spiro atoms. The van der Waals surface area contributed by atoms with Crippen LogP contribution in [0.1, 0.15) is 47.9 Å². The van der Waals surface area contributed by atoms with Gasteiger partial charge >= 0.3 is 5.97 Å². The van der Waals surface area contributed by atoms with Gasteiger partial charge in [0.2, 0.25) is 5.82 Å². The molecule has 2 aromatic heterocycles. The second-order valence-corrected chi connectivity index (χ2v) is 9.71. The quantitative estimate of drug-likeness (QED) is 0.242. The van der Waals surface area contributed by atoms with Crippen LogP contribution in [-0.4, -0.2) is 46.0 Å². The van der Waals surface area contributed by atoms with Crippen LogP contribution in [-0.2, 0) is 6.54 Å². The summed E-state index contributed by atoms with van der Waals surface area (Å²) in [7, 11) is 1.00. The average molecular weight is 561 g/mol. The van der Waals surface area contributed by atoms with E-state index in [0.29, 0.717) is 48.7 Å². The molecule has 0 saturated heterocycles. The lowest BCUT2D eigenvalue weighted by Crippen LogP contribution is -2.31. The summed E-state index contributed by atoms with van der Waals surface area (Å²) in [5.41, 5.74) is 4.61. The lowest BCUT2D eigenvalue weighted by Gasteiger charge is -2.32. The van der Waals surface area contributed by atoms with Crippen LogP contribution in [0, 0.1) is 18.7 Å². The van der Waals surface area contributed by atoms with Crippen LogP contribution in [0.4, 0.5) is 19.0 Å². The van der Waals surface area contributed by atoms with Gasteiger partial charge in [-0.25, -0.2) is 19.2 Å². The van der Waals surface area contributed by atoms with E-state index in [0.717, 1.165) is 35.1 Å². The van der Waals surface area contributed by atoms with Gasteiger partial charge in [-0.05, 0) is 62.4 Å². The molecule has 5 rings (SSSR count). The van der Waals surface area contributed by atoms with Crippen molar-refractivity contribution in [3.63, 3.8) is 0 Å². The van der Waals surface area contributed by atoms with E-state index in [9.17, 15) is 23.1 Å². The largest absolute Gasteiger partial charge is 0.475 e. The van der Waals surface area contributed by atoms with Crippen LogP contribution in [0.15, 0.2) is 48.7 Å². The van der Waals surface area contributed by atoms with Crippen molar-refractivity contribution >= 4 is 34.4 Å². The summed E-state index contributed by atoms with van der Waals surface area (Å²) >= 11 is 6.59. The molecule has 2 N–H and O–H groups in total. The summed E-state index contributed by atoms with van der Waals surface area (Å²) in [5.74, 6) is -0.780. The van der Waals surface area contributed by atoms with Crippen molar-refractivity contribution in [2.24, 2.45) is 5.92 Å². The van der Waals surface area contributed by atoms with Crippen LogP contribution in [0.25, 0.3) is 22.2 Å². The average Bonchev–Trinajstić information content (AvgIpc) is 3.26. The van der Waals surface area contributed by atoms with Crippen LogP contribution >= 0.6 is 11.6 Å². The smallest absolute Gasteiger partial charge is 0.374 e. The monoisotopic (exact) mass is 560 g/mol. The SMILES string of the molecule is CF.CF.Cc1ccc(Cl)c(-c2cn(Cc3ccc(F)cc3)c3c(N[C@H](C)C4CCC4)nc(C(=O)O)nc23)c1. The van der Waals surface area contributed by atoms with E-state index >= 15 is 0 Å². The maximum absolute atomic E-state index is 13.5. The van der Waals surface area contributed by atoms with Gasteiger partial charge in [-0.15, -0.1) is 0 Å². The number of aromatic nitrogens is 3. The normalized spacial score (nSPS) is 13.4. The summed E-state index contributed by atoms with van der Waals surface area (Å²) in [6, 6.07) is 12.2. The van der Waals surface area contributed by atoms with Crippen molar-refractivity contribution in [1.82, 2.24) is 14.5 Å². The number of nitrogens with one attached hydrogen (secondary N) is 1. The Morgan fingerprint density at radius 3 is 2.36 bits per heavy atom. The Bertz CT molecular complexity index is 1420. The summed E-state index contributed by atoms with van der Waals surface area (Å²) in [5, 5.41) is 13.8. The minimum absolute atomic E-state index is 0.128. The highest BCUT2D eigenvalue weighted by atomic mass is 35.5. The summed E-state index contributed by atoms with van der Waals surface area (Å²) in [6.45, 7) is 4.51. The molecule has 10 heteroatoms. The van der Waals surface area contributed by atoms with Crippen molar-refractivity contribution in [2.45, 2.75) is 45.7 Å². The van der Waals surface area contributed by atoms with Crippen molar-refractivity contribution < 1.29 is 23.1 Å². The third kappa shape index (κ3) is 6.71. The molecule has 0 aliphatic heterocycles. The molecular formula is C29H32ClF3N4O2. The zero-order valence-corrected chi connectivity index (χ0v) is 23.1. The molecule has 1 aliphatic rings. The van der Waals surface area contributed by atoms with E-state index in [1.807, 2.05) is 35.9 Å². The Labute approximate surface area is 230 Å². The summed E-state index contributed by atoms with van der Waals surface area (Å²) < 4.78 is 34.5. The Balaban J connectivity index is 0.00000100. The maximum atomic E-state index is 13.5. The predicted octanol–water partition coefficient (Wildman–Crippen LogP) is 7.72. The van der Waals surface area contributed by atoms with Crippen molar-refractivity contribution in [1.29, 1.82) is 0 Å². The molecule has 39 heavy (non-hydrogen) atoms. The zero-order valence-electron chi connectivity index (χ0n) is 22.3. The number of nitrogens with zero attached hydrogens (tertiary/aromatic N) is 3. The number of halogens is 4. The molecular weight excluding hydrogens is 529 g/mol. The molecule has 0 unspecified atom stereocenters. The number of carboxylic acids is 1. The first-order valence-electron chi connectivity index (χ1n) is 12.5. The second kappa shape index (κ2) is 13.5. The molecule has 6 nitrogen and oxygen atoms in total. The van der Waals surface area contributed by atoms with E-state index in [2.05, 4.69) is 22.2 Å². The third-order valence-electron chi connectivity index (χ3n) is 6.80. The number of anilines is 1. The molecule has 0 radical (unpaired) electrons. The zero-order chi connectivity index (χ0) is 28.7. The standard InChI is InChI=1S/C27H26ClFN4O2.2CH3F/c1-15-6-11-22(28)20(12-15)21-14-33(13-17-7-9-19(29)10-8-17)24-23(21)31-26(27(34)35)32-25(24)30-16(2)18-4-3-5-18;2*1-2/h6-12,14,16,18H,3-5,13H2,1-2H3,(H,34,35)(H,30,31,32);2*1H3/t16-;;/m1../s1. The Kier molecular flexibility index (Phi) is 10.3. The molecule has 0 amide bonds. The molecule has 1 aliphatic carbocycles. The topological polar surface area (TPSA) is 80.0 Å². The Morgan fingerprint density at radius 1 is 1.10 bits per heavy atom. The van der Waals surface area contributed by atoms with Gasteiger partial charge < -0.3 is 15.0 Å². The highest BCUT2D eigenvalue weighted by molar-refractivity contribution is 6.33.